The molecule has 0 atom stereocenters. The number of primary amides is 1. The second kappa shape index (κ2) is 10.1. The van der Waals surface area contributed by atoms with Crippen LogP contribution in [0, 0.1) is 0 Å². The van der Waals surface area contributed by atoms with Gasteiger partial charge in [0.15, 0.2) is 0 Å². The zero-order valence-corrected chi connectivity index (χ0v) is 19.2. The van der Waals surface area contributed by atoms with Gasteiger partial charge < -0.3 is 15.4 Å². The first kappa shape index (κ1) is 23.7. The minimum Gasteiger partial charge on any atom is -0.457 e. The smallest absolute Gasteiger partial charge is 0.340 e. The van der Waals surface area contributed by atoms with E-state index < -0.39 is 21.9 Å². The molecule has 0 aromatic heterocycles. The number of nitrogens with zero attached hydrogens (tertiary/aromatic N) is 2. The third-order valence-corrected chi connectivity index (χ3v) is 7.61. The van der Waals surface area contributed by atoms with Crippen LogP contribution in [0.25, 0.3) is 0 Å². The van der Waals surface area contributed by atoms with Crippen LogP contribution in [0.1, 0.15) is 53.0 Å². The number of sulfonamides is 1. The Bertz CT molecular complexity index is 1090. The highest BCUT2D eigenvalue weighted by Gasteiger charge is 2.27. The van der Waals surface area contributed by atoms with Gasteiger partial charge in [0.1, 0.15) is 6.61 Å². The van der Waals surface area contributed by atoms with E-state index in [0.717, 1.165) is 25.9 Å². The Labute approximate surface area is 189 Å². The van der Waals surface area contributed by atoms with Crippen LogP contribution in [-0.4, -0.2) is 50.8 Å². The molecular formula is C23H29N3O5S. The quantitative estimate of drug-likeness (QED) is 0.578. The van der Waals surface area contributed by atoms with E-state index in [0.29, 0.717) is 29.9 Å². The van der Waals surface area contributed by atoms with Gasteiger partial charge in [-0.05, 0) is 48.7 Å². The van der Waals surface area contributed by atoms with Crippen molar-refractivity contribution in [3.05, 3.63) is 59.2 Å². The fourth-order valence-electron chi connectivity index (χ4n) is 3.83. The largest absolute Gasteiger partial charge is 0.457 e. The topological polar surface area (TPSA) is 110 Å². The Balaban J connectivity index is 1.92. The van der Waals surface area contributed by atoms with E-state index in [2.05, 4.69) is 4.90 Å². The molecule has 0 radical (unpaired) electrons. The summed E-state index contributed by atoms with van der Waals surface area (Å²) in [6.07, 6.45) is 2.02. The number of esters is 1. The summed E-state index contributed by atoms with van der Waals surface area (Å²) in [4.78, 5) is 26.6. The standard InChI is InChI=1S/C23H29N3O5S/c1-3-26(4-2)32(29,30)19-10-11-21(25-12-5-6-13-25)20(15-19)23(28)31-16-17-8-7-9-18(14-17)22(24)27/h7-11,14-15H,3-6,12-13,16H2,1-2H3,(H2,24,27). The van der Waals surface area contributed by atoms with Crippen LogP contribution < -0.4 is 10.6 Å². The van der Waals surface area contributed by atoms with Crippen molar-refractivity contribution in [2.45, 2.75) is 38.2 Å². The van der Waals surface area contributed by atoms with Crippen molar-refractivity contribution in [3.8, 4) is 0 Å². The minimum atomic E-state index is -3.72. The monoisotopic (exact) mass is 459 g/mol. The Hall–Kier alpha value is -2.91. The van der Waals surface area contributed by atoms with Gasteiger partial charge >= 0.3 is 5.97 Å². The summed E-state index contributed by atoms with van der Waals surface area (Å²) in [6.45, 7) is 5.74. The van der Waals surface area contributed by atoms with Crippen LogP contribution in [0.2, 0.25) is 0 Å². The van der Waals surface area contributed by atoms with Gasteiger partial charge in [-0.2, -0.15) is 4.31 Å². The minimum absolute atomic E-state index is 0.0619. The number of amides is 1. The molecule has 2 aromatic rings. The van der Waals surface area contributed by atoms with Crippen LogP contribution in [0.4, 0.5) is 5.69 Å². The number of hydrogen-bond acceptors (Lipinski definition) is 6. The van der Waals surface area contributed by atoms with E-state index in [4.69, 9.17) is 10.5 Å². The molecule has 1 amide bonds. The molecule has 0 saturated carbocycles. The third kappa shape index (κ3) is 5.11. The van der Waals surface area contributed by atoms with E-state index in [9.17, 15) is 18.0 Å². The lowest BCUT2D eigenvalue weighted by atomic mass is 10.1. The Morgan fingerprint density at radius 2 is 1.75 bits per heavy atom. The second-order valence-electron chi connectivity index (χ2n) is 7.60. The summed E-state index contributed by atoms with van der Waals surface area (Å²) < 4.78 is 32.9. The molecule has 0 aliphatic carbocycles. The molecule has 1 aliphatic heterocycles. The van der Waals surface area contributed by atoms with Crippen molar-refractivity contribution >= 4 is 27.6 Å². The Morgan fingerprint density at radius 3 is 2.38 bits per heavy atom. The second-order valence-corrected chi connectivity index (χ2v) is 9.54. The molecule has 1 aliphatic rings. The summed E-state index contributed by atoms with van der Waals surface area (Å²) in [5, 5.41) is 0. The summed E-state index contributed by atoms with van der Waals surface area (Å²) in [5.74, 6) is -1.18. The molecule has 0 unspecified atom stereocenters. The van der Waals surface area contributed by atoms with Crippen molar-refractivity contribution in [2.24, 2.45) is 5.73 Å². The van der Waals surface area contributed by atoms with Crippen molar-refractivity contribution in [1.29, 1.82) is 0 Å². The molecule has 1 saturated heterocycles. The Morgan fingerprint density at radius 1 is 1.06 bits per heavy atom. The lowest BCUT2D eigenvalue weighted by Gasteiger charge is -2.23. The number of hydrogen-bond donors (Lipinski definition) is 1. The van der Waals surface area contributed by atoms with E-state index in [1.807, 2.05) is 0 Å². The van der Waals surface area contributed by atoms with Crippen LogP contribution in [0.5, 0.6) is 0 Å². The molecule has 0 bridgehead atoms. The van der Waals surface area contributed by atoms with Crippen LogP contribution in [-0.2, 0) is 21.4 Å². The summed E-state index contributed by atoms with van der Waals surface area (Å²) >= 11 is 0. The molecule has 1 heterocycles. The summed E-state index contributed by atoms with van der Waals surface area (Å²) in [5.41, 5.74) is 7.13. The molecular weight excluding hydrogens is 430 g/mol. The average molecular weight is 460 g/mol. The van der Waals surface area contributed by atoms with E-state index in [1.54, 1.807) is 50.2 Å². The maximum atomic E-state index is 13.1. The van der Waals surface area contributed by atoms with E-state index in [-0.39, 0.29) is 17.1 Å². The molecule has 3 rings (SSSR count). The maximum absolute atomic E-state index is 13.1. The van der Waals surface area contributed by atoms with Crippen LogP contribution in [0.15, 0.2) is 47.4 Å². The lowest BCUT2D eigenvalue weighted by molar-refractivity contribution is 0.0473. The molecule has 32 heavy (non-hydrogen) atoms. The highest BCUT2D eigenvalue weighted by molar-refractivity contribution is 7.89. The molecule has 9 heteroatoms. The molecule has 2 N–H and O–H groups in total. The zero-order valence-electron chi connectivity index (χ0n) is 18.4. The fourth-order valence-corrected chi connectivity index (χ4v) is 5.31. The van der Waals surface area contributed by atoms with Crippen molar-refractivity contribution < 1.29 is 22.7 Å². The highest BCUT2D eigenvalue weighted by atomic mass is 32.2. The van der Waals surface area contributed by atoms with E-state index >= 15 is 0 Å². The molecule has 2 aromatic carbocycles. The van der Waals surface area contributed by atoms with Gasteiger partial charge in [-0.25, -0.2) is 13.2 Å². The fraction of sp³-hybridized carbons (Fsp3) is 0.391. The zero-order chi connectivity index (χ0) is 23.3. The Kier molecular flexibility index (Phi) is 7.52. The predicted octanol–water partition coefficient (Wildman–Crippen LogP) is 2.77. The van der Waals surface area contributed by atoms with Gasteiger partial charge in [-0.15, -0.1) is 0 Å². The number of benzene rings is 2. The van der Waals surface area contributed by atoms with Crippen LogP contribution >= 0.6 is 0 Å². The highest BCUT2D eigenvalue weighted by Crippen LogP contribution is 2.29. The first-order valence-corrected chi connectivity index (χ1v) is 12.2. The van der Waals surface area contributed by atoms with Crippen LogP contribution in [0.3, 0.4) is 0 Å². The molecule has 8 nitrogen and oxygen atoms in total. The van der Waals surface area contributed by atoms with Gasteiger partial charge in [0.05, 0.1) is 16.1 Å². The normalized spacial score (nSPS) is 14.0. The van der Waals surface area contributed by atoms with Gasteiger partial charge in [0.25, 0.3) is 0 Å². The third-order valence-electron chi connectivity index (χ3n) is 5.56. The van der Waals surface area contributed by atoms with Crippen molar-refractivity contribution in [3.63, 3.8) is 0 Å². The van der Waals surface area contributed by atoms with Gasteiger partial charge in [0, 0.05) is 31.7 Å². The van der Waals surface area contributed by atoms with Gasteiger partial charge in [-0.1, -0.05) is 26.0 Å². The average Bonchev–Trinajstić information content (AvgIpc) is 3.32. The number of carbonyl (C=O) groups excluding carboxylic acids is 2. The molecule has 0 spiro atoms. The van der Waals surface area contributed by atoms with Gasteiger partial charge in [0.2, 0.25) is 15.9 Å². The number of rotatable bonds is 9. The number of nitrogens with two attached hydrogens (primary N) is 1. The number of ether oxygens (including phenoxy) is 1. The maximum Gasteiger partial charge on any atom is 0.340 e. The van der Waals surface area contributed by atoms with Crippen molar-refractivity contribution in [1.82, 2.24) is 4.31 Å². The summed E-state index contributed by atoms with van der Waals surface area (Å²) in [7, 11) is -3.72. The van der Waals surface area contributed by atoms with E-state index in [1.165, 1.54) is 10.4 Å². The molecule has 172 valence electrons. The first-order chi connectivity index (χ1) is 15.3. The first-order valence-electron chi connectivity index (χ1n) is 10.7. The number of anilines is 1. The number of carbonyl (C=O) groups is 2. The summed E-state index contributed by atoms with van der Waals surface area (Å²) in [6, 6.07) is 11.2. The van der Waals surface area contributed by atoms with Crippen molar-refractivity contribution in [2.75, 3.05) is 31.1 Å². The SMILES string of the molecule is CCN(CC)S(=O)(=O)c1ccc(N2CCCC2)c(C(=O)OCc2cccc(C(N)=O)c2)c1. The lowest BCUT2D eigenvalue weighted by Crippen LogP contribution is -2.31. The predicted molar refractivity (Wildman–Crippen MR) is 122 cm³/mol. The van der Waals surface area contributed by atoms with Gasteiger partial charge in [-0.3, -0.25) is 4.79 Å². The molecule has 1 fully saturated rings.